The Bertz CT molecular complexity index is 1100. The van der Waals surface area contributed by atoms with Gasteiger partial charge in [0.1, 0.15) is 0 Å². The van der Waals surface area contributed by atoms with Crippen molar-refractivity contribution < 1.29 is 21.6 Å². The Morgan fingerprint density at radius 2 is 1.81 bits per heavy atom. The Balaban J connectivity index is 2.07. The molecule has 0 aliphatic rings. The Morgan fingerprint density at radius 1 is 1.11 bits per heavy atom. The van der Waals surface area contributed by atoms with Gasteiger partial charge < -0.3 is 0 Å². The van der Waals surface area contributed by atoms with Crippen molar-refractivity contribution in [1.29, 1.82) is 5.26 Å². The number of anilines is 1. The highest BCUT2D eigenvalue weighted by atomic mass is 32.2. The van der Waals surface area contributed by atoms with Crippen molar-refractivity contribution in [3.05, 3.63) is 72.1 Å². The van der Waals surface area contributed by atoms with Crippen LogP contribution < -0.4 is 4.72 Å². The summed E-state index contributed by atoms with van der Waals surface area (Å²) in [7, 11) is -4.18. The summed E-state index contributed by atoms with van der Waals surface area (Å²) >= 11 is 0. The molecule has 27 heavy (non-hydrogen) atoms. The molecule has 0 saturated heterocycles. The van der Waals surface area contributed by atoms with Gasteiger partial charge in [-0.2, -0.15) is 23.5 Å². The van der Waals surface area contributed by atoms with Crippen molar-refractivity contribution in [1.82, 2.24) is 9.78 Å². The largest absolute Gasteiger partial charge is 0.416 e. The number of alkyl halides is 3. The SMILES string of the molecule is N#Cc1ccc(S(=O)(=O)Nc2cc(C(F)(F)F)ccc2-n2cccn2)cc1. The normalized spacial score (nSPS) is 11.8. The Labute approximate surface area is 152 Å². The fourth-order valence-corrected chi connectivity index (χ4v) is 3.38. The molecule has 0 aliphatic carbocycles. The summed E-state index contributed by atoms with van der Waals surface area (Å²) < 4.78 is 67.7. The standard InChI is InChI=1S/C17H11F3N4O2S/c18-17(19,20)13-4-7-16(24-9-1-8-22-24)15(10-13)23-27(25,26)14-5-2-12(11-21)3-6-14/h1-10,23H. The molecule has 10 heteroatoms. The van der Waals surface area contributed by atoms with E-state index in [9.17, 15) is 21.6 Å². The van der Waals surface area contributed by atoms with Gasteiger partial charge in [-0.05, 0) is 48.5 Å². The van der Waals surface area contributed by atoms with E-state index in [1.807, 2.05) is 6.07 Å². The third-order valence-corrected chi connectivity index (χ3v) is 4.99. The smallest absolute Gasteiger partial charge is 0.277 e. The molecule has 0 radical (unpaired) electrons. The first-order chi connectivity index (χ1) is 12.7. The number of nitrogens with one attached hydrogen (secondary N) is 1. The first-order valence-corrected chi connectivity index (χ1v) is 8.93. The minimum Gasteiger partial charge on any atom is -0.277 e. The van der Waals surface area contributed by atoms with E-state index in [1.165, 1.54) is 41.3 Å². The molecule has 2 aromatic carbocycles. The van der Waals surface area contributed by atoms with Crippen LogP contribution in [0.25, 0.3) is 5.69 Å². The molecule has 1 heterocycles. The van der Waals surface area contributed by atoms with Gasteiger partial charge in [0.15, 0.2) is 0 Å². The Kier molecular flexibility index (Phi) is 4.63. The predicted octanol–water partition coefficient (Wildman–Crippen LogP) is 3.56. The lowest BCUT2D eigenvalue weighted by Gasteiger charge is -2.15. The first kappa shape index (κ1) is 18.5. The average Bonchev–Trinajstić information content (AvgIpc) is 3.15. The molecule has 0 unspecified atom stereocenters. The Hall–Kier alpha value is -3.32. The van der Waals surface area contributed by atoms with E-state index in [0.717, 1.165) is 12.1 Å². The zero-order chi connectivity index (χ0) is 19.7. The molecule has 1 N–H and O–H groups in total. The number of nitriles is 1. The van der Waals surface area contributed by atoms with Gasteiger partial charge in [-0.25, -0.2) is 13.1 Å². The minimum absolute atomic E-state index is 0.130. The van der Waals surface area contributed by atoms with Crippen LogP contribution in [0.2, 0.25) is 0 Å². The summed E-state index contributed by atoms with van der Waals surface area (Å²) in [6.07, 6.45) is -1.75. The van der Waals surface area contributed by atoms with E-state index < -0.39 is 21.8 Å². The number of nitrogens with zero attached hydrogens (tertiary/aromatic N) is 3. The molecule has 138 valence electrons. The molecule has 0 saturated carbocycles. The van der Waals surface area contributed by atoms with Crippen LogP contribution in [0.3, 0.4) is 0 Å². The highest BCUT2D eigenvalue weighted by Gasteiger charge is 2.32. The third-order valence-electron chi connectivity index (χ3n) is 3.61. The molecule has 3 aromatic rings. The van der Waals surface area contributed by atoms with Crippen LogP contribution >= 0.6 is 0 Å². The number of rotatable bonds is 4. The lowest BCUT2D eigenvalue weighted by Crippen LogP contribution is -2.16. The molecule has 0 atom stereocenters. The number of halogens is 3. The maximum absolute atomic E-state index is 13.1. The number of aromatic nitrogens is 2. The average molecular weight is 392 g/mol. The second-order valence-electron chi connectivity index (χ2n) is 5.42. The highest BCUT2D eigenvalue weighted by molar-refractivity contribution is 7.92. The van der Waals surface area contributed by atoms with E-state index in [2.05, 4.69) is 9.82 Å². The molecule has 1 aromatic heterocycles. The fraction of sp³-hybridized carbons (Fsp3) is 0.0588. The summed E-state index contributed by atoms with van der Waals surface area (Å²) in [6, 6.07) is 11.1. The second-order valence-corrected chi connectivity index (χ2v) is 7.10. The molecule has 0 bridgehead atoms. The molecule has 0 fully saturated rings. The van der Waals surface area contributed by atoms with Gasteiger partial charge >= 0.3 is 6.18 Å². The van der Waals surface area contributed by atoms with Gasteiger partial charge in [0.25, 0.3) is 10.0 Å². The van der Waals surface area contributed by atoms with Crippen LogP contribution in [0.5, 0.6) is 0 Å². The summed E-state index contributed by atoms with van der Waals surface area (Å²) in [5, 5.41) is 12.7. The Morgan fingerprint density at radius 3 is 2.37 bits per heavy atom. The van der Waals surface area contributed by atoms with Crippen LogP contribution in [0.15, 0.2) is 65.8 Å². The fourth-order valence-electron chi connectivity index (χ4n) is 2.32. The molecule has 0 spiro atoms. The van der Waals surface area contributed by atoms with Gasteiger partial charge in [-0.1, -0.05) is 0 Å². The van der Waals surface area contributed by atoms with E-state index >= 15 is 0 Å². The number of hydrogen-bond acceptors (Lipinski definition) is 4. The van der Waals surface area contributed by atoms with Crippen LogP contribution in [0, 0.1) is 11.3 Å². The van der Waals surface area contributed by atoms with Crippen molar-refractivity contribution in [2.45, 2.75) is 11.1 Å². The van der Waals surface area contributed by atoms with E-state index in [1.54, 1.807) is 6.07 Å². The third kappa shape index (κ3) is 3.93. The maximum atomic E-state index is 13.1. The summed E-state index contributed by atoms with van der Waals surface area (Å²) in [4.78, 5) is -0.190. The maximum Gasteiger partial charge on any atom is 0.416 e. The van der Waals surface area contributed by atoms with E-state index in [4.69, 9.17) is 5.26 Å². The highest BCUT2D eigenvalue weighted by Crippen LogP contribution is 2.34. The number of hydrogen-bond donors (Lipinski definition) is 1. The van der Waals surface area contributed by atoms with Crippen molar-refractivity contribution >= 4 is 15.7 Å². The number of benzene rings is 2. The van der Waals surface area contributed by atoms with Gasteiger partial charge in [-0.15, -0.1) is 0 Å². The van der Waals surface area contributed by atoms with E-state index in [-0.39, 0.29) is 21.8 Å². The number of sulfonamides is 1. The van der Waals surface area contributed by atoms with Crippen LogP contribution in [-0.4, -0.2) is 18.2 Å². The molecule has 6 nitrogen and oxygen atoms in total. The van der Waals surface area contributed by atoms with Gasteiger partial charge in [0, 0.05) is 12.4 Å². The molecular weight excluding hydrogens is 381 g/mol. The zero-order valence-corrected chi connectivity index (χ0v) is 14.3. The first-order valence-electron chi connectivity index (χ1n) is 7.45. The van der Waals surface area contributed by atoms with Crippen LogP contribution in [-0.2, 0) is 16.2 Å². The minimum atomic E-state index is -4.64. The lowest BCUT2D eigenvalue weighted by atomic mass is 10.1. The summed E-state index contributed by atoms with van der Waals surface area (Å²) in [5.41, 5.74) is -0.899. The van der Waals surface area contributed by atoms with E-state index in [0.29, 0.717) is 6.07 Å². The van der Waals surface area contributed by atoms with Crippen molar-refractivity contribution in [2.75, 3.05) is 4.72 Å². The molecule has 0 amide bonds. The zero-order valence-electron chi connectivity index (χ0n) is 13.5. The van der Waals surface area contributed by atoms with Crippen LogP contribution in [0.1, 0.15) is 11.1 Å². The topological polar surface area (TPSA) is 87.8 Å². The van der Waals surface area contributed by atoms with Crippen molar-refractivity contribution in [2.24, 2.45) is 0 Å². The summed E-state index contributed by atoms with van der Waals surface area (Å²) in [6.45, 7) is 0. The van der Waals surface area contributed by atoms with Crippen molar-refractivity contribution in [3.8, 4) is 11.8 Å². The van der Waals surface area contributed by atoms with Gasteiger partial charge in [-0.3, -0.25) is 4.72 Å². The monoisotopic (exact) mass is 392 g/mol. The lowest BCUT2D eigenvalue weighted by molar-refractivity contribution is -0.137. The summed E-state index contributed by atoms with van der Waals surface area (Å²) in [5.74, 6) is 0. The second kappa shape index (κ2) is 6.77. The van der Waals surface area contributed by atoms with Crippen molar-refractivity contribution in [3.63, 3.8) is 0 Å². The van der Waals surface area contributed by atoms with Crippen LogP contribution in [0.4, 0.5) is 18.9 Å². The quantitative estimate of drug-likeness (QED) is 0.735. The van der Waals surface area contributed by atoms with Gasteiger partial charge in [0.2, 0.25) is 0 Å². The molecular formula is C17H11F3N4O2S. The predicted molar refractivity (Wildman–Crippen MR) is 90.5 cm³/mol. The van der Waals surface area contributed by atoms with Gasteiger partial charge in [0.05, 0.1) is 33.5 Å². The molecule has 3 rings (SSSR count). The molecule has 0 aliphatic heterocycles.